The number of hydrogen-bond acceptors (Lipinski definition) is 1. The van der Waals surface area contributed by atoms with Gasteiger partial charge in [-0.15, -0.1) is 0 Å². The molecule has 1 aromatic carbocycles. The molecule has 0 bridgehead atoms. The molecule has 0 saturated carbocycles. The molecule has 0 atom stereocenters. The van der Waals surface area contributed by atoms with Crippen LogP contribution in [0.1, 0.15) is 16.9 Å². The van der Waals surface area contributed by atoms with Crippen LogP contribution in [-0.4, -0.2) is 12.9 Å². The number of amidine groups is 1. The summed E-state index contributed by atoms with van der Waals surface area (Å²) in [6.07, 6.45) is 1.66. The highest BCUT2D eigenvalue weighted by Gasteiger charge is 2.14. The van der Waals surface area contributed by atoms with Gasteiger partial charge in [0.05, 0.1) is 13.3 Å². The lowest BCUT2D eigenvalue weighted by atomic mass is 10.1. The highest BCUT2D eigenvalue weighted by Crippen LogP contribution is 2.16. The predicted octanol–water partition coefficient (Wildman–Crippen LogP) is 1.47. The molecular formula is C14H17N2O+. The van der Waals surface area contributed by atoms with Crippen molar-refractivity contribution >= 4 is 11.5 Å². The summed E-state index contributed by atoms with van der Waals surface area (Å²) >= 11 is 0. The Kier molecular flexibility index (Phi) is 3.28. The Balaban J connectivity index is 2.28. The van der Waals surface area contributed by atoms with Crippen LogP contribution in [0.5, 0.6) is 0 Å². The first-order valence-electron chi connectivity index (χ1n) is 5.63. The molecule has 1 heterocycles. The summed E-state index contributed by atoms with van der Waals surface area (Å²) in [5.41, 5.74) is 3.52. The van der Waals surface area contributed by atoms with E-state index in [1.807, 2.05) is 19.2 Å². The lowest BCUT2D eigenvalue weighted by Crippen LogP contribution is -2.70. The third-order valence-electron chi connectivity index (χ3n) is 2.67. The minimum Gasteiger partial charge on any atom is -0.456 e. The van der Waals surface area contributed by atoms with Gasteiger partial charge < -0.3 is 4.42 Å². The molecule has 0 amide bonds. The van der Waals surface area contributed by atoms with Gasteiger partial charge in [-0.2, -0.15) is 0 Å². The van der Waals surface area contributed by atoms with Gasteiger partial charge in [-0.1, -0.05) is 12.1 Å². The van der Waals surface area contributed by atoms with Gasteiger partial charge >= 0.3 is 5.84 Å². The number of rotatable bonds is 2. The molecular weight excluding hydrogens is 212 g/mol. The Hall–Kier alpha value is -2.03. The van der Waals surface area contributed by atoms with Crippen LogP contribution < -0.4 is 10.3 Å². The Morgan fingerprint density at radius 1 is 1.24 bits per heavy atom. The van der Waals surface area contributed by atoms with Crippen molar-refractivity contribution in [2.75, 3.05) is 12.4 Å². The first-order valence-corrected chi connectivity index (χ1v) is 5.63. The van der Waals surface area contributed by atoms with E-state index in [1.54, 1.807) is 6.26 Å². The number of furan rings is 1. The Bertz CT molecular complexity index is 527. The van der Waals surface area contributed by atoms with Crippen LogP contribution in [0.15, 0.2) is 41.0 Å². The molecule has 0 fully saturated rings. The molecule has 0 spiro atoms. The van der Waals surface area contributed by atoms with Crippen LogP contribution in [0.4, 0.5) is 5.69 Å². The third-order valence-corrected chi connectivity index (χ3v) is 2.67. The highest BCUT2D eigenvalue weighted by molar-refractivity contribution is 6.02. The van der Waals surface area contributed by atoms with Crippen LogP contribution in [0.2, 0.25) is 0 Å². The van der Waals surface area contributed by atoms with Crippen LogP contribution in [0.3, 0.4) is 0 Å². The van der Waals surface area contributed by atoms with Crippen molar-refractivity contribution < 1.29 is 9.41 Å². The average molecular weight is 229 g/mol. The minimum absolute atomic E-state index is 0.799. The van der Waals surface area contributed by atoms with Crippen molar-refractivity contribution in [2.45, 2.75) is 13.8 Å². The molecule has 2 N–H and O–H groups in total. The molecule has 0 saturated heterocycles. The van der Waals surface area contributed by atoms with Crippen LogP contribution in [-0.2, 0) is 0 Å². The summed E-state index contributed by atoms with van der Waals surface area (Å²) in [4.78, 5) is 3.11. The minimum atomic E-state index is 0.799. The summed E-state index contributed by atoms with van der Waals surface area (Å²) in [6.45, 7) is 4.16. The van der Waals surface area contributed by atoms with Crippen molar-refractivity contribution in [3.63, 3.8) is 0 Å². The van der Waals surface area contributed by atoms with E-state index < -0.39 is 0 Å². The van der Waals surface area contributed by atoms with Crippen LogP contribution in [0, 0.1) is 13.8 Å². The fourth-order valence-electron chi connectivity index (χ4n) is 1.67. The second-order valence-electron chi connectivity index (χ2n) is 4.05. The normalized spacial score (nSPS) is 11.6. The topological polar surface area (TPSA) is 39.1 Å². The Labute approximate surface area is 101 Å². The molecule has 17 heavy (non-hydrogen) atoms. The summed E-state index contributed by atoms with van der Waals surface area (Å²) < 4.78 is 5.37. The lowest BCUT2D eigenvalue weighted by molar-refractivity contribution is -0.419. The molecule has 3 heteroatoms. The van der Waals surface area contributed by atoms with E-state index in [4.69, 9.17) is 4.42 Å². The van der Waals surface area contributed by atoms with Crippen LogP contribution in [0.25, 0.3) is 0 Å². The molecule has 3 nitrogen and oxygen atoms in total. The van der Waals surface area contributed by atoms with Gasteiger partial charge in [0, 0.05) is 0 Å². The lowest BCUT2D eigenvalue weighted by Gasteiger charge is -2.04. The summed E-state index contributed by atoms with van der Waals surface area (Å²) in [7, 11) is 1.87. The number of aryl methyl sites for hydroxylation is 2. The van der Waals surface area contributed by atoms with Crippen molar-refractivity contribution in [1.29, 1.82) is 0 Å². The molecule has 2 aromatic rings. The maximum atomic E-state index is 5.37. The Morgan fingerprint density at radius 3 is 2.71 bits per heavy atom. The molecule has 0 radical (unpaired) electrons. The molecule has 88 valence electrons. The van der Waals surface area contributed by atoms with Gasteiger partial charge in [-0.3, -0.25) is 4.99 Å². The molecule has 0 unspecified atom stereocenters. The molecule has 0 aliphatic heterocycles. The standard InChI is InChI=1S/C14H16N2O/c1-10-6-7-11(2)12(9-10)16-14(15-3)13-5-4-8-17-13/h4-9H,1-3H3,(H,15,16)/p+1. The van der Waals surface area contributed by atoms with E-state index in [0.717, 1.165) is 17.3 Å². The third kappa shape index (κ3) is 2.56. The largest absolute Gasteiger partial charge is 0.456 e. The van der Waals surface area contributed by atoms with E-state index in [9.17, 15) is 0 Å². The fraction of sp³-hybridized carbons (Fsp3) is 0.214. The van der Waals surface area contributed by atoms with E-state index >= 15 is 0 Å². The maximum absolute atomic E-state index is 5.37. The number of hydrogen-bond donors (Lipinski definition) is 2. The monoisotopic (exact) mass is 229 g/mol. The summed E-state index contributed by atoms with van der Waals surface area (Å²) in [5, 5.41) is 3.35. The van der Waals surface area contributed by atoms with Crippen LogP contribution >= 0.6 is 0 Å². The predicted molar refractivity (Wildman–Crippen MR) is 69.2 cm³/mol. The van der Waals surface area contributed by atoms with Crippen molar-refractivity contribution in [2.24, 2.45) is 0 Å². The first-order chi connectivity index (χ1) is 8.20. The zero-order chi connectivity index (χ0) is 12.3. The number of anilines is 1. The number of benzene rings is 1. The maximum Gasteiger partial charge on any atom is 0.316 e. The smallest absolute Gasteiger partial charge is 0.316 e. The van der Waals surface area contributed by atoms with Gasteiger partial charge in [-0.05, 0) is 43.2 Å². The second-order valence-corrected chi connectivity index (χ2v) is 4.05. The number of nitrogens with one attached hydrogen (secondary N) is 2. The fourth-order valence-corrected chi connectivity index (χ4v) is 1.67. The molecule has 1 aromatic heterocycles. The highest BCUT2D eigenvalue weighted by atomic mass is 16.3. The summed E-state index contributed by atoms with van der Waals surface area (Å²) in [6, 6.07) is 10.1. The SMILES string of the molecule is C[NH+]=C(Nc1cc(C)ccc1C)c1ccco1. The second kappa shape index (κ2) is 4.87. The van der Waals surface area contributed by atoms with E-state index in [1.165, 1.54) is 11.1 Å². The van der Waals surface area contributed by atoms with Gasteiger partial charge in [0.25, 0.3) is 0 Å². The summed E-state index contributed by atoms with van der Waals surface area (Å²) in [5.74, 6) is 1.66. The average Bonchev–Trinajstić information content (AvgIpc) is 2.84. The van der Waals surface area contributed by atoms with Gasteiger partial charge in [-0.25, -0.2) is 5.32 Å². The Morgan fingerprint density at radius 2 is 2.06 bits per heavy atom. The van der Waals surface area contributed by atoms with Gasteiger partial charge in [0.15, 0.2) is 0 Å². The first kappa shape index (κ1) is 11.5. The van der Waals surface area contributed by atoms with Gasteiger partial charge in [0.2, 0.25) is 5.76 Å². The van der Waals surface area contributed by atoms with Crippen molar-refractivity contribution in [1.82, 2.24) is 0 Å². The zero-order valence-electron chi connectivity index (χ0n) is 10.4. The molecule has 0 aliphatic rings. The zero-order valence-corrected chi connectivity index (χ0v) is 10.4. The van der Waals surface area contributed by atoms with Gasteiger partial charge in [0.1, 0.15) is 5.69 Å². The quantitative estimate of drug-likeness (QED) is 0.604. The van der Waals surface area contributed by atoms with E-state index in [0.29, 0.717) is 0 Å². The van der Waals surface area contributed by atoms with Crippen molar-refractivity contribution in [3.05, 3.63) is 53.5 Å². The van der Waals surface area contributed by atoms with E-state index in [2.05, 4.69) is 42.4 Å². The van der Waals surface area contributed by atoms with E-state index in [-0.39, 0.29) is 0 Å². The molecule has 0 aliphatic carbocycles. The molecule has 2 rings (SSSR count). The van der Waals surface area contributed by atoms with Crippen molar-refractivity contribution in [3.8, 4) is 0 Å².